The lowest BCUT2D eigenvalue weighted by Gasteiger charge is -2.14. The second kappa shape index (κ2) is 5.21. The van der Waals surface area contributed by atoms with Crippen molar-refractivity contribution in [1.82, 2.24) is 0 Å². The summed E-state index contributed by atoms with van der Waals surface area (Å²) in [5.41, 5.74) is 3.61. The standard InChI is InChI=1S/C12H14ClN3/c1-2-15-16-8-10-6-11(13)5-9-7-14-4-3-12(9)10/h5-7H,2-4,8H2,1H3. The fourth-order valence-corrected chi connectivity index (χ4v) is 2.09. The van der Waals surface area contributed by atoms with Crippen LogP contribution in [0.4, 0.5) is 0 Å². The Morgan fingerprint density at radius 1 is 1.38 bits per heavy atom. The van der Waals surface area contributed by atoms with Crippen molar-refractivity contribution in [3.05, 3.63) is 33.8 Å². The van der Waals surface area contributed by atoms with Gasteiger partial charge in [0.05, 0.1) is 13.1 Å². The lowest BCUT2D eigenvalue weighted by atomic mass is 9.97. The number of hydrogen-bond donors (Lipinski definition) is 0. The normalized spacial score (nSPS) is 14.4. The highest BCUT2D eigenvalue weighted by atomic mass is 35.5. The fraction of sp³-hybridized carbons (Fsp3) is 0.417. The van der Waals surface area contributed by atoms with Crippen molar-refractivity contribution < 1.29 is 0 Å². The van der Waals surface area contributed by atoms with Crippen molar-refractivity contribution in [3.8, 4) is 0 Å². The zero-order valence-electron chi connectivity index (χ0n) is 9.28. The molecule has 16 heavy (non-hydrogen) atoms. The van der Waals surface area contributed by atoms with Crippen molar-refractivity contribution in [1.29, 1.82) is 0 Å². The van der Waals surface area contributed by atoms with Gasteiger partial charge in [0.2, 0.25) is 0 Å². The molecule has 0 aliphatic carbocycles. The smallest absolute Gasteiger partial charge is 0.0852 e. The van der Waals surface area contributed by atoms with Gasteiger partial charge in [-0.3, -0.25) is 4.99 Å². The zero-order valence-corrected chi connectivity index (χ0v) is 10.0. The van der Waals surface area contributed by atoms with Crippen LogP contribution in [0.3, 0.4) is 0 Å². The number of rotatable bonds is 3. The molecular formula is C12H14ClN3. The van der Waals surface area contributed by atoms with E-state index < -0.39 is 0 Å². The molecule has 4 heteroatoms. The highest BCUT2D eigenvalue weighted by molar-refractivity contribution is 6.31. The summed E-state index contributed by atoms with van der Waals surface area (Å²) in [5, 5.41) is 8.87. The molecule has 3 nitrogen and oxygen atoms in total. The van der Waals surface area contributed by atoms with Gasteiger partial charge in [0.15, 0.2) is 0 Å². The van der Waals surface area contributed by atoms with E-state index in [1.807, 2.05) is 25.3 Å². The first-order chi connectivity index (χ1) is 7.81. The highest BCUT2D eigenvalue weighted by Crippen LogP contribution is 2.23. The van der Waals surface area contributed by atoms with Crippen molar-refractivity contribution in [2.75, 3.05) is 13.1 Å². The first-order valence-electron chi connectivity index (χ1n) is 5.45. The minimum absolute atomic E-state index is 0.616. The van der Waals surface area contributed by atoms with Crippen LogP contribution in [-0.2, 0) is 13.0 Å². The molecule has 0 unspecified atom stereocenters. The molecule has 0 saturated heterocycles. The Balaban J connectivity index is 2.32. The number of azo groups is 1. The fourth-order valence-electron chi connectivity index (χ4n) is 1.84. The van der Waals surface area contributed by atoms with Crippen LogP contribution in [0.15, 0.2) is 27.4 Å². The minimum atomic E-state index is 0.616. The minimum Gasteiger partial charge on any atom is -0.292 e. The molecule has 0 N–H and O–H groups in total. The van der Waals surface area contributed by atoms with Crippen LogP contribution in [0.25, 0.3) is 0 Å². The second-order valence-electron chi connectivity index (χ2n) is 3.68. The van der Waals surface area contributed by atoms with E-state index in [0.717, 1.165) is 30.1 Å². The molecule has 1 aliphatic heterocycles. The summed E-state index contributed by atoms with van der Waals surface area (Å²) in [5.74, 6) is 0. The molecule has 0 amide bonds. The van der Waals surface area contributed by atoms with Crippen molar-refractivity contribution in [2.45, 2.75) is 19.9 Å². The molecule has 0 fully saturated rings. The van der Waals surface area contributed by atoms with Crippen LogP contribution in [0, 0.1) is 0 Å². The Morgan fingerprint density at radius 3 is 3.06 bits per heavy atom. The molecule has 1 aromatic rings. The molecule has 84 valence electrons. The molecule has 1 aromatic carbocycles. The average molecular weight is 236 g/mol. The summed E-state index contributed by atoms with van der Waals surface area (Å²) in [6, 6.07) is 3.94. The predicted octanol–water partition coefficient (Wildman–Crippen LogP) is 3.29. The molecule has 0 saturated carbocycles. The van der Waals surface area contributed by atoms with Gasteiger partial charge in [0.25, 0.3) is 0 Å². The van der Waals surface area contributed by atoms with Gasteiger partial charge in [-0.15, -0.1) is 0 Å². The Hall–Kier alpha value is -1.22. The molecule has 2 rings (SSSR count). The topological polar surface area (TPSA) is 37.1 Å². The van der Waals surface area contributed by atoms with Crippen LogP contribution in [0.1, 0.15) is 23.6 Å². The van der Waals surface area contributed by atoms with Gasteiger partial charge in [0.1, 0.15) is 0 Å². The molecule has 0 bridgehead atoms. The molecule has 1 aliphatic rings. The van der Waals surface area contributed by atoms with E-state index in [4.69, 9.17) is 11.6 Å². The number of aliphatic imine (C=N–C) groups is 1. The highest BCUT2D eigenvalue weighted by Gasteiger charge is 2.11. The van der Waals surface area contributed by atoms with Crippen LogP contribution in [0.2, 0.25) is 5.02 Å². The lowest BCUT2D eigenvalue weighted by Crippen LogP contribution is -2.06. The van der Waals surface area contributed by atoms with Gasteiger partial charge in [0, 0.05) is 17.8 Å². The maximum atomic E-state index is 6.06. The number of benzene rings is 1. The summed E-state index contributed by atoms with van der Waals surface area (Å²) in [4.78, 5) is 4.26. The summed E-state index contributed by atoms with van der Waals surface area (Å²) in [6.45, 7) is 4.17. The summed E-state index contributed by atoms with van der Waals surface area (Å²) < 4.78 is 0. The third-order valence-corrected chi connectivity index (χ3v) is 2.76. The van der Waals surface area contributed by atoms with Crippen LogP contribution in [-0.4, -0.2) is 19.3 Å². The first kappa shape index (κ1) is 11.3. The van der Waals surface area contributed by atoms with Crippen molar-refractivity contribution in [2.24, 2.45) is 15.2 Å². The van der Waals surface area contributed by atoms with E-state index in [0.29, 0.717) is 6.54 Å². The van der Waals surface area contributed by atoms with E-state index in [2.05, 4.69) is 15.2 Å². The molecule has 0 atom stereocenters. The van der Waals surface area contributed by atoms with E-state index in [1.54, 1.807) is 0 Å². The van der Waals surface area contributed by atoms with E-state index in [-0.39, 0.29) is 0 Å². The molecular weight excluding hydrogens is 222 g/mol. The van der Waals surface area contributed by atoms with Gasteiger partial charge in [-0.1, -0.05) is 11.6 Å². The van der Waals surface area contributed by atoms with Gasteiger partial charge >= 0.3 is 0 Å². The second-order valence-corrected chi connectivity index (χ2v) is 4.11. The SMILES string of the molecule is CCN=NCc1cc(Cl)cc2c1CCN=C2. The first-order valence-corrected chi connectivity index (χ1v) is 5.83. The van der Waals surface area contributed by atoms with Crippen LogP contribution >= 0.6 is 11.6 Å². The molecule has 0 spiro atoms. The van der Waals surface area contributed by atoms with Gasteiger partial charge in [-0.05, 0) is 42.2 Å². The third-order valence-electron chi connectivity index (χ3n) is 2.55. The van der Waals surface area contributed by atoms with E-state index >= 15 is 0 Å². The van der Waals surface area contributed by atoms with Gasteiger partial charge in [-0.25, -0.2) is 0 Å². The average Bonchev–Trinajstić information content (AvgIpc) is 2.29. The van der Waals surface area contributed by atoms with Crippen LogP contribution in [0.5, 0.6) is 0 Å². The summed E-state index contributed by atoms with van der Waals surface area (Å²) in [6.07, 6.45) is 2.87. The van der Waals surface area contributed by atoms with Crippen LogP contribution < -0.4 is 0 Å². The van der Waals surface area contributed by atoms with Crippen molar-refractivity contribution in [3.63, 3.8) is 0 Å². The monoisotopic (exact) mass is 235 g/mol. The zero-order chi connectivity index (χ0) is 11.4. The summed E-state index contributed by atoms with van der Waals surface area (Å²) in [7, 11) is 0. The quantitative estimate of drug-likeness (QED) is 0.721. The third kappa shape index (κ3) is 2.47. The Kier molecular flexibility index (Phi) is 3.67. The van der Waals surface area contributed by atoms with E-state index in [9.17, 15) is 0 Å². The maximum absolute atomic E-state index is 6.06. The van der Waals surface area contributed by atoms with E-state index in [1.165, 1.54) is 11.1 Å². The molecule has 0 aromatic heterocycles. The number of halogens is 1. The molecule has 1 heterocycles. The number of hydrogen-bond acceptors (Lipinski definition) is 3. The lowest BCUT2D eigenvalue weighted by molar-refractivity contribution is 0.850. The Labute approximate surface area is 100 Å². The maximum Gasteiger partial charge on any atom is 0.0852 e. The Bertz CT molecular complexity index is 438. The number of nitrogens with zero attached hydrogens (tertiary/aromatic N) is 3. The van der Waals surface area contributed by atoms with Gasteiger partial charge in [-0.2, -0.15) is 10.2 Å². The number of fused-ring (bicyclic) bond motifs is 1. The van der Waals surface area contributed by atoms with Crippen molar-refractivity contribution >= 4 is 17.8 Å². The predicted molar refractivity (Wildman–Crippen MR) is 66.7 cm³/mol. The van der Waals surface area contributed by atoms with Gasteiger partial charge < -0.3 is 0 Å². The largest absolute Gasteiger partial charge is 0.292 e. The summed E-state index contributed by atoms with van der Waals surface area (Å²) >= 11 is 6.06. The Morgan fingerprint density at radius 2 is 2.25 bits per heavy atom. The molecule has 0 radical (unpaired) electrons.